The first-order valence-corrected chi connectivity index (χ1v) is 6.57. The Labute approximate surface area is 126 Å². The summed E-state index contributed by atoms with van der Waals surface area (Å²) in [5.41, 5.74) is 4.77. The fourth-order valence-corrected chi connectivity index (χ4v) is 1.67. The molecule has 0 aliphatic carbocycles. The summed E-state index contributed by atoms with van der Waals surface area (Å²) in [5, 5.41) is 14.3. The highest BCUT2D eigenvalue weighted by Gasteiger charge is 2.02. The van der Waals surface area contributed by atoms with E-state index in [1.165, 1.54) is 6.92 Å². The number of benzene rings is 1. The summed E-state index contributed by atoms with van der Waals surface area (Å²) in [7, 11) is 0. The summed E-state index contributed by atoms with van der Waals surface area (Å²) in [6, 6.07) is 7.25. The minimum Gasteiger partial charge on any atom is -0.326 e. The van der Waals surface area contributed by atoms with Gasteiger partial charge >= 0.3 is 0 Å². The second-order valence-corrected chi connectivity index (χ2v) is 4.66. The third kappa shape index (κ3) is 3.98. The molecule has 1 aromatic carbocycles. The molecule has 8 nitrogen and oxygen atoms in total. The van der Waals surface area contributed by atoms with Gasteiger partial charge in [-0.3, -0.25) is 14.6 Å². The third-order valence-electron chi connectivity index (χ3n) is 2.79. The van der Waals surface area contributed by atoms with Crippen LogP contribution in [0.25, 0.3) is 0 Å². The molecular formula is C14H16N6O2. The zero-order valence-corrected chi connectivity index (χ0v) is 12.5. The Morgan fingerprint density at radius 2 is 2.05 bits per heavy atom. The molecule has 0 aliphatic rings. The van der Waals surface area contributed by atoms with E-state index in [2.05, 4.69) is 31.0 Å². The quantitative estimate of drug-likeness (QED) is 0.581. The summed E-state index contributed by atoms with van der Waals surface area (Å²) >= 11 is 0. The number of aromatic amines is 1. The lowest BCUT2D eigenvalue weighted by Crippen LogP contribution is -2.16. The van der Waals surface area contributed by atoms with E-state index in [-0.39, 0.29) is 23.1 Å². The predicted octanol–water partition coefficient (Wildman–Crippen LogP) is 1.27. The SMILES string of the molecule is CC(=O)Nc1cccc(/C(C)=N\Nc2nnc(C)c(=O)[nH]2)c1. The molecule has 0 spiro atoms. The Morgan fingerprint density at radius 1 is 1.27 bits per heavy atom. The van der Waals surface area contributed by atoms with Crippen molar-refractivity contribution in [2.75, 3.05) is 10.7 Å². The van der Waals surface area contributed by atoms with Gasteiger partial charge < -0.3 is 5.32 Å². The monoisotopic (exact) mass is 300 g/mol. The molecule has 0 unspecified atom stereocenters. The van der Waals surface area contributed by atoms with Gasteiger partial charge in [-0.15, -0.1) is 10.2 Å². The number of nitrogens with one attached hydrogen (secondary N) is 3. The van der Waals surface area contributed by atoms with Crippen LogP contribution >= 0.6 is 0 Å². The zero-order chi connectivity index (χ0) is 16.1. The van der Waals surface area contributed by atoms with Crippen molar-refractivity contribution in [3.63, 3.8) is 0 Å². The van der Waals surface area contributed by atoms with Crippen LogP contribution in [0.2, 0.25) is 0 Å². The molecule has 1 heterocycles. The standard InChI is InChI=1S/C14H16N6O2/c1-8(11-5-4-6-12(7-11)15-10(3)21)17-19-14-16-13(22)9(2)18-20-14/h4-7H,1-3H3,(H,15,21)(H2,16,19,20,22)/b17-8-. The molecule has 0 saturated carbocycles. The van der Waals surface area contributed by atoms with Crippen LogP contribution in [-0.4, -0.2) is 26.8 Å². The van der Waals surface area contributed by atoms with Crippen molar-refractivity contribution < 1.29 is 4.79 Å². The number of anilines is 2. The average molecular weight is 300 g/mol. The van der Waals surface area contributed by atoms with E-state index in [4.69, 9.17) is 0 Å². The molecule has 1 aromatic heterocycles. The highest BCUT2D eigenvalue weighted by molar-refractivity contribution is 6.00. The van der Waals surface area contributed by atoms with E-state index in [9.17, 15) is 9.59 Å². The molecule has 114 valence electrons. The molecule has 0 aliphatic heterocycles. The van der Waals surface area contributed by atoms with Gasteiger partial charge in [0.25, 0.3) is 5.56 Å². The number of aryl methyl sites for hydroxylation is 1. The van der Waals surface area contributed by atoms with E-state index in [0.717, 1.165) is 5.56 Å². The number of hydrogen-bond donors (Lipinski definition) is 3. The summed E-state index contributed by atoms with van der Waals surface area (Å²) in [5.74, 6) is 0.0188. The largest absolute Gasteiger partial charge is 0.326 e. The first kappa shape index (κ1) is 15.4. The van der Waals surface area contributed by atoms with Crippen molar-refractivity contribution in [3.8, 4) is 0 Å². The molecule has 0 bridgehead atoms. The molecule has 0 saturated heterocycles. The number of carbonyl (C=O) groups excluding carboxylic acids is 1. The lowest BCUT2D eigenvalue weighted by molar-refractivity contribution is -0.114. The molecule has 2 aromatic rings. The molecule has 0 fully saturated rings. The lowest BCUT2D eigenvalue weighted by atomic mass is 10.1. The van der Waals surface area contributed by atoms with Crippen LogP contribution in [0.4, 0.5) is 11.6 Å². The molecule has 8 heteroatoms. The Balaban J connectivity index is 2.16. The van der Waals surface area contributed by atoms with Crippen LogP contribution in [-0.2, 0) is 4.79 Å². The normalized spacial score (nSPS) is 11.1. The second-order valence-electron chi connectivity index (χ2n) is 4.66. The number of nitrogens with zero attached hydrogens (tertiary/aromatic N) is 3. The van der Waals surface area contributed by atoms with Crippen LogP contribution in [0, 0.1) is 6.92 Å². The number of rotatable bonds is 4. The maximum atomic E-state index is 11.4. The zero-order valence-electron chi connectivity index (χ0n) is 12.5. The van der Waals surface area contributed by atoms with Crippen molar-refractivity contribution >= 4 is 23.3 Å². The van der Waals surface area contributed by atoms with Gasteiger partial charge in [-0.1, -0.05) is 12.1 Å². The van der Waals surface area contributed by atoms with E-state index in [0.29, 0.717) is 11.4 Å². The predicted molar refractivity (Wildman–Crippen MR) is 84.0 cm³/mol. The summed E-state index contributed by atoms with van der Waals surface area (Å²) in [4.78, 5) is 25.0. The fourth-order valence-electron chi connectivity index (χ4n) is 1.67. The van der Waals surface area contributed by atoms with E-state index in [1.807, 2.05) is 12.1 Å². The molecular weight excluding hydrogens is 284 g/mol. The van der Waals surface area contributed by atoms with E-state index < -0.39 is 0 Å². The summed E-state index contributed by atoms with van der Waals surface area (Å²) in [6.45, 7) is 4.80. The summed E-state index contributed by atoms with van der Waals surface area (Å²) < 4.78 is 0. The molecule has 0 radical (unpaired) electrons. The van der Waals surface area contributed by atoms with Gasteiger partial charge in [0.15, 0.2) is 0 Å². The van der Waals surface area contributed by atoms with Crippen molar-refractivity contribution in [1.29, 1.82) is 0 Å². The van der Waals surface area contributed by atoms with Crippen molar-refractivity contribution in [2.45, 2.75) is 20.8 Å². The minimum atomic E-state index is -0.321. The van der Waals surface area contributed by atoms with Crippen molar-refractivity contribution in [2.24, 2.45) is 5.10 Å². The van der Waals surface area contributed by atoms with Crippen LogP contribution in [0.1, 0.15) is 25.1 Å². The molecule has 22 heavy (non-hydrogen) atoms. The number of hydrogen-bond acceptors (Lipinski definition) is 6. The Kier molecular flexibility index (Phi) is 4.62. The van der Waals surface area contributed by atoms with Gasteiger partial charge in [-0.05, 0) is 31.5 Å². The van der Waals surface area contributed by atoms with Crippen LogP contribution in [0.15, 0.2) is 34.2 Å². The topological polar surface area (TPSA) is 112 Å². The molecule has 0 atom stereocenters. The maximum absolute atomic E-state index is 11.4. The Hall–Kier alpha value is -3.03. The highest BCUT2D eigenvalue weighted by Crippen LogP contribution is 2.11. The number of aromatic nitrogens is 3. The van der Waals surface area contributed by atoms with Crippen molar-refractivity contribution in [1.82, 2.24) is 15.2 Å². The van der Waals surface area contributed by atoms with Gasteiger partial charge in [0.1, 0.15) is 5.69 Å². The van der Waals surface area contributed by atoms with Gasteiger partial charge in [0.2, 0.25) is 11.9 Å². The number of hydrazone groups is 1. The van der Waals surface area contributed by atoms with Crippen LogP contribution < -0.4 is 16.3 Å². The number of H-pyrrole nitrogens is 1. The maximum Gasteiger partial charge on any atom is 0.274 e. The first-order chi connectivity index (χ1) is 10.5. The van der Waals surface area contributed by atoms with E-state index in [1.54, 1.807) is 26.0 Å². The van der Waals surface area contributed by atoms with Gasteiger partial charge in [-0.2, -0.15) is 5.10 Å². The van der Waals surface area contributed by atoms with Gasteiger partial charge in [0, 0.05) is 12.6 Å². The fraction of sp³-hybridized carbons (Fsp3) is 0.214. The van der Waals surface area contributed by atoms with Crippen molar-refractivity contribution in [3.05, 3.63) is 45.9 Å². The number of carbonyl (C=O) groups is 1. The smallest absolute Gasteiger partial charge is 0.274 e. The van der Waals surface area contributed by atoms with E-state index >= 15 is 0 Å². The second kappa shape index (κ2) is 6.61. The molecule has 1 amide bonds. The average Bonchev–Trinajstić information content (AvgIpc) is 2.48. The molecule has 3 N–H and O–H groups in total. The third-order valence-corrected chi connectivity index (χ3v) is 2.79. The molecule has 2 rings (SSSR count). The highest BCUT2D eigenvalue weighted by atomic mass is 16.1. The van der Waals surface area contributed by atoms with Crippen LogP contribution in [0.5, 0.6) is 0 Å². The first-order valence-electron chi connectivity index (χ1n) is 6.57. The Bertz CT molecular complexity index is 781. The number of amides is 1. The lowest BCUT2D eigenvalue weighted by Gasteiger charge is -2.06. The van der Waals surface area contributed by atoms with Crippen LogP contribution in [0.3, 0.4) is 0 Å². The Morgan fingerprint density at radius 3 is 2.73 bits per heavy atom. The minimum absolute atomic E-state index is 0.141. The van der Waals surface area contributed by atoms with Gasteiger partial charge in [-0.25, -0.2) is 5.43 Å². The van der Waals surface area contributed by atoms with Gasteiger partial charge in [0.05, 0.1) is 5.71 Å². The summed E-state index contributed by atoms with van der Waals surface area (Å²) in [6.07, 6.45) is 0.